The maximum absolute atomic E-state index is 13.2. The number of aryl methyl sites for hydroxylation is 1. The SMILES string of the molecule is Cc1cc2oc(C(C)(C)O)nc2cc1F. The zero-order chi connectivity index (χ0) is 11.2. The fourth-order valence-corrected chi connectivity index (χ4v) is 1.31. The van der Waals surface area contributed by atoms with Crippen LogP contribution in [0.4, 0.5) is 4.39 Å². The first-order chi connectivity index (χ1) is 6.88. The summed E-state index contributed by atoms with van der Waals surface area (Å²) >= 11 is 0. The quantitative estimate of drug-likeness (QED) is 0.784. The van der Waals surface area contributed by atoms with E-state index in [4.69, 9.17) is 4.42 Å². The van der Waals surface area contributed by atoms with E-state index in [-0.39, 0.29) is 11.7 Å². The third kappa shape index (κ3) is 1.72. The lowest BCUT2D eigenvalue weighted by atomic mass is 10.1. The normalized spacial score (nSPS) is 12.3. The average Bonchev–Trinajstić information content (AvgIpc) is 2.47. The molecule has 0 spiro atoms. The highest BCUT2D eigenvalue weighted by molar-refractivity contribution is 5.73. The summed E-state index contributed by atoms with van der Waals surface area (Å²) in [6.45, 7) is 4.79. The van der Waals surface area contributed by atoms with Crippen molar-refractivity contribution in [2.75, 3.05) is 0 Å². The van der Waals surface area contributed by atoms with Crippen molar-refractivity contribution < 1.29 is 13.9 Å². The standard InChI is InChI=1S/C11H12FNO2/c1-6-4-9-8(5-7(6)12)13-10(15-9)11(2,3)14/h4-5,14H,1-3H3. The number of hydrogen-bond donors (Lipinski definition) is 1. The first-order valence-corrected chi connectivity index (χ1v) is 4.67. The topological polar surface area (TPSA) is 46.3 Å². The van der Waals surface area contributed by atoms with Crippen LogP contribution in [0.2, 0.25) is 0 Å². The van der Waals surface area contributed by atoms with Crippen molar-refractivity contribution in [3.8, 4) is 0 Å². The largest absolute Gasteiger partial charge is 0.438 e. The first kappa shape index (κ1) is 10.1. The van der Waals surface area contributed by atoms with Gasteiger partial charge >= 0.3 is 0 Å². The zero-order valence-electron chi connectivity index (χ0n) is 8.84. The zero-order valence-corrected chi connectivity index (χ0v) is 8.84. The highest BCUT2D eigenvalue weighted by atomic mass is 19.1. The molecule has 0 aliphatic carbocycles. The second-order valence-corrected chi connectivity index (χ2v) is 4.15. The van der Waals surface area contributed by atoms with E-state index in [2.05, 4.69) is 4.98 Å². The Morgan fingerprint density at radius 3 is 2.67 bits per heavy atom. The molecule has 2 aromatic rings. The van der Waals surface area contributed by atoms with Crippen LogP contribution in [0.3, 0.4) is 0 Å². The number of fused-ring (bicyclic) bond motifs is 1. The lowest BCUT2D eigenvalue weighted by Gasteiger charge is -2.10. The predicted molar refractivity (Wildman–Crippen MR) is 53.9 cm³/mol. The Kier molecular flexibility index (Phi) is 2.04. The van der Waals surface area contributed by atoms with Crippen molar-refractivity contribution in [2.45, 2.75) is 26.4 Å². The van der Waals surface area contributed by atoms with Crippen molar-refractivity contribution in [1.82, 2.24) is 4.98 Å². The maximum Gasteiger partial charge on any atom is 0.226 e. The van der Waals surface area contributed by atoms with Gasteiger partial charge in [-0.05, 0) is 32.4 Å². The molecule has 1 N–H and O–H groups in total. The van der Waals surface area contributed by atoms with Crippen molar-refractivity contribution in [2.24, 2.45) is 0 Å². The smallest absolute Gasteiger partial charge is 0.226 e. The summed E-state index contributed by atoms with van der Waals surface area (Å²) in [7, 11) is 0. The monoisotopic (exact) mass is 209 g/mol. The lowest BCUT2D eigenvalue weighted by molar-refractivity contribution is 0.0501. The van der Waals surface area contributed by atoms with Gasteiger partial charge in [-0.2, -0.15) is 0 Å². The van der Waals surface area contributed by atoms with E-state index >= 15 is 0 Å². The molecule has 1 heterocycles. The number of benzene rings is 1. The molecule has 0 bridgehead atoms. The van der Waals surface area contributed by atoms with Crippen LogP contribution in [-0.4, -0.2) is 10.1 Å². The molecular weight excluding hydrogens is 197 g/mol. The molecule has 2 rings (SSSR count). The van der Waals surface area contributed by atoms with E-state index in [1.807, 2.05) is 0 Å². The number of aromatic nitrogens is 1. The number of oxazole rings is 1. The summed E-state index contributed by atoms with van der Waals surface area (Å²) < 4.78 is 18.6. The van der Waals surface area contributed by atoms with E-state index in [1.54, 1.807) is 26.8 Å². The molecule has 0 amide bonds. The Bertz CT molecular complexity index is 472. The molecule has 1 aromatic heterocycles. The summed E-state index contributed by atoms with van der Waals surface area (Å²) in [5, 5.41) is 9.68. The number of halogens is 1. The summed E-state index contributed by atoms with van der Waals surface area (Å²) in [5.41, 5.74) is 0.269. The first-order valence-electron chi connectivity index (χ1n) is 4.67. The van der Waals surface area contributed by atoms with Crippen molar-refractivity contribution in [3.63, 3.8) is 0 Å². The lowest BCUT2D eigenvalue weighted by Crippen LogP contribution is -2.15. The predicted octanol–water partition coefficient (Wildman–Crippen LogP) is 2.50. The molecule has 0 saturated carbocycles. The highest BCUT2D eigenvalue weighted by Gasteiger charge is 2.23. The molecule has 80 valence electrons. The molecule has 0 aliphatic heterocycles. The number of nitrogens with zero attached hydrogens (tertiary/aromatic N) is 1. The minimum atomic E-state index is -1.15. The van der Waals surface area contributed by atoms with Crippen LogP contribution in [0.5, 0.6) is 0 Å². The fourth-order valence-electron chi connectivity index (χ4n) is 1.31. The van der Waals surface area contributed by atoms with Gasteiger partial charge in [0.2, 0.25) is 5.89 Å². The molecule has 0 fully saturated rings. The number of rotatable bonds is 1. The third-order valence-electron chi connectivity index (χ3n) is 2.19. The average molecular weight is 209 g/mol. The van der Waals surface area contributed by atoms with E-state index in [9.17, 15) is 9.50 Å². The summed E-state index contributed by atoms with van der Waals surface area (Å²) in [4.78, 5) is 4.03. The van der Waals surface area contributed by atoms with Gasteiger partial charge in [-0.25, -0.2) is 9.37 Å². The van der Waals surface area contributed by atoms with Gasteiger partial charge in [0, 0.05) is 6.07 Å². The Morgan fingerprint density at radius 1 is 1.40 bits per heavy atom. The van der Waals surface area contributed by atoms with Crippen LogP contribution < -0.4 is 0 Å². The van der Waals surface area contributed by atoms with Gasteiger partial charge < -0.3 is 9.52 Å². The molecule has 0 saturated heterocycles. The Morgan fingerprint density at radius 2 is 2.07 bits per heavy atom. The Hall–Kier alpha value is -1.42. The molecule has 1 aromatic carbocycles. The number of aliphatic hydroxyl groups is 1. The molecule has 4 heteroatoms. The van der Waals surface area contributed by atoms with Gasteiger partial charge in [-0.1, -0.05) is 0 Å². The van der Waals surface area contributed by atoms with Gasteiger partial charge in [0.25, 0.3) is 0 Å². The van der Waals surface area contributed by atoms with E-state index in [0.29, 0.717) is 16.7 Å². The molecule has 3 nitrogen and oxygen atoms in total. The minimum Gasteiger partial charge on any atom is -0.438 e. The van der Waals surface area contributed by atoms with Crippen LogP contribution in [0.15, 0.2) is 16.5 Å². The van der Waals surface area contributed by atoms with Gasteiger partial charge in [-0.15, -0.1) is 0 Å². The molecular formula is C11H12FNO2. The van der Waals surface area contributed by atoms with Gasteiger partial charge in [0.15, 0.2) is 5.58 Å². The Balaban J connectivity index is 2.66. The van der Waals surface area contributed by atoms with Gasteiger partial charge in [0.05, 0.1) is 0 Å². The van der Waals surface area contributed by atoms with Crippen LogP contribution in [0, 0.1) is 12.7 Å². The summed E-state index contributed by atoms with van der Waals surface area (Å²) in [5.74, 6) is -0.124. The second-order valence-electron chi connectivity index (χ2n) is 4.15. The molecule has 0 atom stereocenters. The third-order valence-corrected chi connectivity index (χ3v) is 2.19. The van der Waals surface area contributed by atoms with Crippen molar-refractivity contribution in [1.29, 1.82) is 0 Å². The van der Waals surface area contributed by atoms with Crippen LogP contribution in [0.25, 0.3) is 11.1 Å². The Labute approximate surface area is 86.5 Å². The summed E-state index contributed by atoms with van der Waals surface area (Å²) in [6.07, 6.45) is 0. The van der Waals surface area contributed by atoms with E-state index in [0.717, 1.165) is 0 Å². The van der Waals surface area contributed by atoms with Crippen LogP contribution in [-0.2, 0) is 5.60 Å². The maximum atomic E-state index is 13.2. The molecule has 15 heavy (non-hydrogen) atoms. The molecule has 0 aliphatic rings. The molecule has 0 unspecified atom stereocenters. The second kappa shape index (κ2) is 3.03. The van der Waals surface area contributed by atoms with E-state index < -0.39 is 5.60 Å². The van der Waals surface area contributed by atoms with Crippen molar-refractivity contribution in [3.05, 3.63) is 29.4 Å². The summed E-state index contributed by atoms with van der Waals surface area (Å²) in [6, 6.07) is 2.89. The highest BCUT2D eigenvalue weighted by Crippen LogP contribution is 2.25. The van der Waals surface area contributed by atoms with Gasteiger partial charge in [-0.3, -0.25) is 0 Å². The van der Waals surface area contributed by atoms with Crippen LogP contribution >= 0.6 is 0 Å². The number of hydrogen-bond acceptors (Lipinski definition) is 3. The van der Waals surface area contributed by atoms with E-state index in [1.165, 1.54) is 6.07 Å². The fraction of sp³-hybridized carbons (Fsp3) is 0.364. The van der Waals surface area contributed by atoms with Gasteiger partial charge in [0.1, 0.15) is 16.9 Å². The van der Waals surface area contributed by atoms with Crippen LogP contribution in [0.1, 0.15) is 25.3 Å². The molecule has 0 radical (unpaired) electrons. The minimum absolute atomic E-state index is 0.197. The van der Waals surface area contributed by atoms with Crippen molar-refractivity contribution >= 4 is 11.1 Å².